The summed E-state index contributed by atoms with van der Waals surface area (Å²) < 4.78 is 5.41. The molecule has 3 N–H and O–H groups in total. The highest BCUT2D eigenvalue weighted by Gasteiger charge is 2.35. The monoisotopic (exact) mass is 439 g/mol. The van der Waals surface area contributed by atoms with Gasteiger partial charge in [-0.1, -0.05) is 6.92 Å². The Bertz CT molecular complexity index is 1050. The summed E-state index contributed by atoms with van der Waals surface area (Å²) in [5.74, 6) is -0.350. The predicted octanol–water partition coefficient (Wildman–Crippen LogP) is 3.00. The smallest absolute Gasteiger partial charge is 0.258 e. The molecule has 2 amide bonds. The molecule has 1 aromatic heterocycles. The highest BCUT2D eigenvalue weighted by atomic mass is 16.5. The quantitative estimate of drug-likeness (QED) is 0.637. The van der Waals surface area contributed by atoms with Crippen LogP contribution < -0.4 is 25.8 Å². The van der Waals surface area contributed by atoms with Crippen molar-refractivity contribution >= 4 is 29.3 Å². The van der Waals surface area contributed by atoms with Gasteiger partial charge in [-0.25, -0.2) is 0 Å². The van der Waals surface area contributed by atoms with E-state index in [2.05, 4.69) is 32.4 Å². The van der Waals surface area contributed by atoms with Crippen molar-refractivity contribution < 1.29 is 14.3 Å². The van der Waals surface area contributed by atoms with Gasteiger partial charge in [0.15, 0.2) is 0 Å². The number of nitrogens with zero attached hydrogens (tertiary/aromatic N) is 2. The number of aromatic nitrogens is 2. The Morgan fingerprint density at radius 3 is 2.72 bits per heavy atom. The van der Waals surface area contributed by atoms with E-state index in [4.69, 9.17) is 4.74 Å². The number of aromatic amines is 1. The van der Waals surface area contributed by atoms with Crippen molar-refractivity contribution in [1.82, 2.24) is 9.97 Å². The number of rotatable bonds is 6. The van der Waals surface area contributed by atoms with E-state index in [1.54, 1.807) is 24.3 Å². The van der Waals surface area contributed by atoms with Gasteiger partial charge < -0.3 is 20.3 Å². The molecule has 0 bridgehead atoms. The maximum atomic E-state index is 13.0. The van der Waals surface area contributed by atoms with E-state index < -0.39 is 17.4 Å². The third kappa shape index (κ3) is 4.46. The first kappa shape index (κ1) is 21.9. The molecule has 3 heterocycles. The van der Waals surface area contributed by atoms with Crippen molar-refractivity contribution in [3.8, 4) is 5.75 Å². The van der Waals surface area contributed by atoms with E-state index in [1.165, 1.54) is 0 Å². The normalized spacial score (nSPS) is 20.3. The summed E-state index contributed by atoms with van der Waals surface area (Å²) in [4.78, 5) is 47.9. The number of anilines is 3. The predicted molar refractivity (Wildman–Crippen MR) is 122 cm³/mol. The Morgan fingerprint density at radius 2 is 2.00 bits per heavy atom. The van der Waals surface area contributed by atoms with Crippen LogP contribution in [-0.2, 0) is 9.59 Å². The zero-order valence-electron chi connectivity index (χ0n) is 18.4. The van der Waals surface area contributed by atoms with Crippen LogP contribution in [0.2, 0.25) is 0 Å². The van der Waals surface area contributed by atoms with Gasteiger partial charge in [-0.05, 0) is 56.9 Å². The van der Waals surface area contributed by atoms with E-state index in [0.29, 0.717) is 30.0 Å². The lowest BCUT2D eigenvalue weighted by molar-refractivity contribution is -0.123. The molecule has 0 radical (unpaired) electrons. The van der Waals surface area contributed by atoms with Gasteiger partial charge in [0.25, 0.3) is 5.56 Å². The number of hydrogen-bond donors (Lipinski definition) is 3. The Hall–Kier alpha value is -3.36. The highest BCUT2D eigenvalue weighted by Crippen LogP contribution is 2.32. The van der Waals surface area contributed by atoms with Crippen LogP contribution in [0.25, 0.3) is 0 Å². The molecular weight excluding hydrogens is 410 g/mol. The second-order valence-corrected chi connectivity index (χ2v) is 8.15. The summed E-state index contributed by atoms with van der Waals surface area (Å²) in [6.07, 6.45) is 4.05. The number of carbonyl (C=O) groups is 2. The minimum absolute atomic E-state index is 0.110. The van der Waals surface area contributed by atoms with Crippen LogP contribution in [0, 0.1) is 0 Å². The van der Waals surface area contributed by atoms with E-state index in [9.17, 15) is 14.4 Å². The van der Waals surface area contributed by atoms with Gasteiger partial charge in [0.1, 0.15) is 11.6 Å². The van der Waals surface area contributed by atoms with Crippen molar-refractivity contribution in [3.05, 3.63) is 40.2 Å². The van der Waals surface area contributed by atoms with Crippen molar-refractivity contribution in [1.29, 1.82) is 0 Å². The topological polar surface area (TPSA) is 116 Å². The van der Waals surface area contributed by atoms with Crippen LogP contribution in [0.15, 0.2) is 29.1 Å². The molecule has 2 atom stereocenters. The van der Waals surface area contributed by atoms with Crippen molar-refractivity contribution in [2.24, 2.45) is 0 Å². The molecule has 0 spiro atoms. The van der Waals surface area contributed by atoms with Gasteiger partial charge in [0.05, 0.1) is 18.1 Å². The molecule has 0 unspecified atom stereocenters. The summed E-state index contributed by atoms with van der Waals surface area (Å²) >= 11 is 0. The standard InChI is InChI=1S/C23H29N5O4/c1-3-15-7-5-6-12-28(15)23-26-20-19(22(31)27-23)17(13-18(29)25-20)21(30)24-14-8-10-16(11-9-14)32-4-2/h8-11,15,17H,3-7,12-13H2,1-2H3,(H,24,30)(H2,25,26,27,29,31)/t15-,17+/m1/s1. The van der Waals surface area contributed by atoms with Crippen LogP contribution in [0.5, 0.6) is 5.75 Å². The van der Waals surface area contributed by atoms with Gasteiger partial charge in [-0.15, -0.1) is 0 Å². The summed E-state index contributed by atoms with van der Waals surface area (Å²) in [7, 11) is 0. The fraction of sp³-hybridized carbons (Fsp3) is 0.478. The Morgan fingerprint density at radius 1 is 1.22 bits per heavy atom. The SMILES string of the molecule is CCOc1ccc(NC(=O)[C@H]2CC(=O)Nc3nc(N4CCCC[C@H]4CC)[nH]c(=O)c32)cc1. The van der Waals surface area contributed by atoms with E-state index in [1.807, 2.05) is 6.92 Å². The molecule has 1 fully saturated rings. The minimum atomic E-state index is -0.918. The third-order valence-electron chi connectivity index (χ3n) is 6.06. The molecule has 2 aliphatic heterocycles. The number of piperidine rings is 1. The first-order valence-corrected chi connectivity index (χ1v) is 11.2. The number of amides is 2. The number of fused-ring (bicyclic) bond motifs is 1. The Labute approximate surface area is 186 Å². The minimum Gasteiger partial charge on any atom is -0.494 e. The summed E-state index contributed by atoms with van der Waals surface area (Å²) in [6, 6.07) is 7.25. The zero-order chi connectivity index (χ0) is 22.7. The van der Waals surface area contributed by atoms with E-state index >= 15 is 0 Å². The largest absolute Gasteiger partial charge is 0.494 e. The van der Waals surface area contributed by atoms with Gasteiger partial charge in [-0.3, -0.25) is 19.4 Å². The fourth-order valence-corrected chi connectivity index (χ4v) is 4.45. The maximum Gasteiger partial charge on any atom is 0.258 e. The van der Waals surface area contributed by atoms with Gasteiger partial charge in [0, 0.05) is 24.7 Å². The number of carbonyl (C=O) groups excluding carboxylic acids is 2. The highest BCUT2D eigenvalue weighted by molar-refractivity contribution is 6.04. The summed E-state index contributed by atoms with van der Waals surface area (Å²) in [6.45, 7) is 5.36. The van der Waals surface area contributed by atoms with Crippen LogP contribution in [0.3, 0.4) is 0 Å². The van der Waals surface area contributed by atoms with Crippen LogP contribution in [-0.4, -0.2) is 41.0 Å². The maximum absolute atomic E-state index is 13.0. The van der Waals surface area contributed by atoms with E-state index in [-0.39, 0.29) is 23.7 Å². The second-order valence-electron chi connectivity index (χ2n) is 8.15. The summed E-state index contributed by atoms with van der Waals surface area (Å²) in [5, 5.41) is 5.49. The molecule has 4 rings (SSSR count). The number of H-pyrrole nitrogens is 1. The van der Waals surface area contributed by atoms with Crippen LogP contribution in [0.1, 0.15) is 57.4 Å². The molecule has 1 aromatic carbocycles. The zero-order valence-corrected chi connectivity index (χ0v) is 18.4. The molecule has 2 aromatic rings. The van der Waals surface area contributed by atoms with Crippen molar-refractivity contribution in [3.63, 3.8) is 0 Å². The first-order valence-electron chi connectivity index (χ1n) is 11.2. The van der Waals surface area contributed by atoms with Crippen LogP contribution >= 0.6 is 0 Å². The molecule has 9 heteroatoms. The van der Waals surface area contributed by atoms with Gasteiger partial charge in [-0.2, -0.15) is 4.98 Å². The first-order chi connectivity index (χ1) is 15.5. The summed E-state index contributed by atoms with van der Waals surface area (Å²) in [5.41, 5.74) is 0.366. The molecule has 9 nitrogen and oxygen atoms in total. The third-order valence-corrected chi connectivity index (χ3v) is 6.06. The lowest BCUT2D eigenvalue weighted by Gasteiger charge is -2.36. The number of benzene rings is 1. The van der Waals surface area contributed by atoms with Gasteiger partial charge >= 0.3 is 0 Å². The number of nitrogens with one attached hydrogen (secondary N) is 3. The molecule has 32 heavy (non-hydrogen) atoms. The van der Waals surface area contributed by atoms with Gasteiger partial charge in [0.2, 0.25) is 17.8 Å². The van der Waals surface area contributed by atoms with Crippen LogP contribution in [0.4, 0.5) is 17.5 Å². The average Bonchev–Trinajstić information content (AvgIpc) is 2.79. The molecule has 0 aliphatic carbocycles. The number of hydrogen-bond acceptors (Lipinski definition) is 6. The number of ether oxygens (including phenoxy) is 1. The second kappa shape index (κ2) is 9.42. The molecule has 170 valence electrons. The van der Waals surface area contributed by atoms with E-state index in [0.717, 1.165) is 32.2 Å². The Kier molecular flexibility index (Phi) is 6.43. The van der Waals surface area contributed by atoms with Crippen molar-refractivity contribution in [2.75, 3.05) is 28.7 Å². The molecule has 1 saturated heterocycles. The molecule has 2 aliphatic rings. The molecular formula is C23H29N5O4. The molecule has 0 saturated carbocycles. The van der Waals surface area contributed by atoms with Crippen molar-refractivity contribution in [2.45, 2.75) is 57.9 Å². The lowest BCUT2D eigenvalue weighted by Crippen LogP contribution is -2.43. The lowest BCUT2D eigenvalue weighted by atomic mass is 9.92. The fourth-order valence-electron chi connectivity index (χ4n) is 4.45. The average molecular weight is 440 g/mol. The Balaban J connectivity index is 1.60.